The minimum Gasteiger partial charge on any atom is -0.314 e. The second-order valence-electron chi connectivity index (χ2n) is 6.36. The molecule has 0 spiro atoms. The second kappa shape index (κ2) is 7.38. The summed E-state index contributed by atoms with van der Waals surface area (Å²) >= 11 is 0. The van der Waals surface area contributed by atoms with E-state index in [1.54, 1.807) is 0 Å². The highest BCUT2D eigenvalue weighted by atomic mass is 15.1. The van der Waals surface area contributed by atoms with Gasteiger partial charge in [-0.15, -0.1) is 0 Å². The van der Waals surface area contributed by atoms with Crippen molar-refractivity contribution in [1.29, 1.82) is 0 Å². The first-order chi connectivity index (χ1) is 8.00. The molecule has 0 bridgehead atoms. The van der Waals surface area contributed by atoms with Crippen LogP contribution in [-0.4, -0.2) is 36.6 Å². The van der Waals surface area contributed by atoms with E-state index in [4.69, 9.17) is 0 Å². The van der Waals surface area contributed by atoms with Crippen LogP contribution >= 0.6 is 0 Å². The fraction of sp³-hybridized carbons (Fsp3) is 1.00. The lowest BCUT2D eigenvalue weighted by atomic mass is 10.0. The molecule has 0 radical (unpaired) electrons. The van der Waals surface area contributed by atoms with Gasteiger partial charge in [0.1, 0.15) is 0 Å². The van der Waals surface area contributed by atoms with Crippen LogP contribution < -0.4 is 5.32 Å². The van der Waals surface area contributed by atoms with Crippen LogP contribution in [0.3, 0.4) is 0 Å². The first-order valence-electron chi connectivity index (χ1n) is 7.46. The molecule has 0 heterocycles. The minimum atomic E-state index is 0.710. The summed E-state index contributed by atoms with van der Waals surface area (Å²) in [5, 5.41) is 3.59. The van der Waals surface area contributed by atoms with Gasteiger partial charge in [0.05, 0.1) is 0 Å². The number of nitrogens with zero attached hydrogens (tertiary/aromatic N) is 1. The van der Waals surface area contributed by atoms with Gasteiger partial charge in [0.15, 0.2) is 0 Å². The minimum absolute atomic E-state index is 0.710. The monoisotopic (exact) mass is 240 g/mol. The largest absolute Gasteiger partial charge is 0.314 e. The first kappa shape index (κ1) is 15.0. The molecule has 2 nitrogen and oxygen atoms in total. The van der Waals surface area contributed by atoms with Gasteiger partial charge in [-0.3, -0.25) is 0 Å². The SMILES string of the molecule is CC(C)CC(C)N(C)C(C)CCCNC1CC1. The van der Waals surface area contributed by atoms with E-state index in [2.05, 4.69) is 45.0 Å². The van der Waals surface area contributed by atoms with Gasteiger partial charge in [-0.2, -0.15) is 0 Å². The average molecular weight is 240 g/mol. The van der Waals surface area contributed by atoms with Gasteiger partial charge < -0.3 is 10.2 Å². The molecular weight excluding hydrogens is 208 g/mol. The van der Waals surface area contributed by atoms with Crippen molar-refractivity contribution < 1.29 is 0 Å². The van der Waals surface area contributed by atoms with Crippen LogP contribution in [0.5, 0.6) is 0 Å². The van der Waals surface area contributed by atoms with Crippen molar-refractivity contribution >= 4 is 0 Å². The normalized spacial score (nSPS) is 19.9. The predicted molar refractivity (Wildman–Crippen MR) is 76.4 cm³/mol. The van der Waals surface area contributed by atoms with Crippen LogP contribution in [0.15, 0.2) is 0 Å². The lowest BCUT2D eigenvalue weighted by molar-refractivity contribution is 0.166. The van der Waals surface area contributed by atoms with Crippen LogP contribution in [0.2, 0.25) is 0 Å². The summed E-state index contributed by atoms with van der Waals surface area (Å²) < 4.78 is 0. The summed E-state index contributed by atoms with van der Waals surface area (Å²) in [7, 11) is 2.28. The van der Waals surface area contributed by atoms with Gasteiger partial charge in [-0.25, -0.2) is 0 Å². The van der Waals surface area contributed by atoms with E-state index < -0.39 is 0 Å². The maximum absolute atomic E-state index is 3.59. The molecule has 1 aliphatic rings. The van der Waals surface area contributed by atoms with E-state index in [0.717, 1.165) is 12.0 Å². The highest BCUT2D eigenvalue weighted by Crippen LogP contribution is 2.19. The van der Waals surface area contributed by atoms with Crippen LogP contribution in [0, 0.1) is 5.92 Å². The number of hydrogen-bond acceptors (Lipinski definition) is 2. The zero-order chi connectivity index (χ0) is 12.8. The van der Waals surface area contributed by atoms with Gasteiger partial charge in [0.25, 0.3) is 0 Å². The summed E-state index contributed by atoms with van der Waals surface area (Å²) in [4.78, 5) is 2.55. The third-order valence-corrected chi connectivity index (χ3v) is 4.01. The highest BCUT2D eigenvalue weighted by Gasteiger charge is 2.20. The molecule has 1 saturated carbocycles. The van der Waals surface area contributed by atoms with E-state index in [1.807, 2.05) is 0 Å². The first-order valence-corrected chi connectivity index (χ1v) is 7.46. The molecule has 102 valence electrons. The van der Waals surface area contributed by atoms with Crippen LogP contribution in [0.25, 0.3) is 0 Å². The molecule has 1 fully saturated rings. The van der Waals surface area contributed by atoms with Gasteiger partial charge in [-0.1, -0.05) is 13.8 Å². The standard InChI is InChI=1S/C15H32N2/c1-12(2)11-14(4)17(5)13(3)7-6-10-16-15-8-9-15/h12-16H,6-11H2,1-5H3. The molecule has 1 aliphatic carbocycles. The van der Waals surface area contributed by atoms with Crippen molar-refractivity contribution in [2.24, 2.45) is 5.92 Å². The molecule has 0 aromatic carbocycles. The van der Waals surface area contributed by atoms with E-state index in [9.17, 15) is 0 Å². The lowest BCUT2D eigenvalue weighted by Gasteiger charge is -2.32. The fourth-order valence-electron chi connectivity index (χ4n) is 2.48. The lowest BCUT2D eigenvalue weighted by Crippen LogP contribution is -2.38. The van der Waals surface area contributed by atoms with Crippen LogP contribution in [0.1, 0.15) is 59.8 Å². The van der Waals surface area contributed by atoms with E-state index in [0.29, 0.717) is 12.1 Å². The quantitative estimate of drug-likeness (QED) is 0.622. The molecule has 1 N–H and O–H groups in total. The second-order valence-corrected chi connectivity index (χ2v) is 6.36. The Morgan fingerprint density at radius 2 is 1.76 bits per heavy atom. The summed E-state index contributed by atoms with van der Waals surface area (Å²) in [5.74, 6) is 0.802. The van der Waals surface area contributed by atoms with Crippen LogP contribution in [0.4, 0.5) is 0 Å². The van der Waals surface area contributed by atoms with Crippen molar-refractivity contribution in [3.05, 3.63) is 0 Å². The number of hydrogen-bond donors (Lipinski definition) is 1. The molecule has 17 heavy (non-hydrogen) atoms. The Balaban J connectivity index is 2.08. The van der Waals surface area contributed by atoms with Gasteiger partial charge in [-0.05, 0) is 65.5 Å². The fourth-order valence-corrected chi connectivity index (χ4v) is 2.48. The molecule has 0 aromatic rings. The molecular formula is C15H32N2. The number of nitrogens with one attached hydrogen (secondary N) is 1. The van der Waals surface area contributed by atoms with Crippen molar-refractivity contribution in [2.75, 3.05) is 13.6 Å². The van der Waals surface area contributed by atoms with Crippen molar-refractivity contribution in [3.63, 3.8) is 0 Å². The third kappa shape index (κ3) is 6.42. The zero-order valence-corrected chi connectivity index (χ0v) is 12.5. The molecule has 0 amide bonds. The molecule has 2 unspecified atom stereocenters. The average Bonchev–Trinajstić information content (AvgIpc) is 3.05. The smallest absolute Gasteiger partial charge is 0.00691 e. The maximum atomic E-state index is 3.59. The Bertz CT molecular complexity index is 199. The molecule has 0 saturated heterocycles. The highest BCUT2D eigenvalue weighted by molar-refractivity contribution is 4.80. The molecule has 1 rings (SSSR count). The Hall–Kier alpha value is -0.0800. The van der Waals surface area contributed by atoms with Crippen LogP contribution in [-0.2, 0) is 0 Å². The summed E-state index contributed by atoms with van der Waals surface area (Å²) in [6.45, 7) is 10.6. The summed E-state index contributed by atoms with van der Waals surface area (Å²) in [5.41, 5.74) is 0. The molecule has 2 heteroatoms. The van der Waals surface area contributed by atoms with Crippen molar-refractivity contribution in [3.8, 4) is 0 Å². The molecule has 0 aromatic heterocycles. The van der Waals surface area contributed by atoms with Gasteiger partial charge in [0.2, 0.25) is 0 Å². The Morgan fingerprint density at radius 1 is 1.12 bits per heavy atom. The Morgan fingerprint density at radius 3 is 2.29 bits per heavy atom. The van der Waals surface area contributed by atoms with Gasteiger partial charge >= 0.3 is 0 Å². The molecule has 0 aliphatic heterocycles. The van der Waals surface area contributed by atoms with Crippen molar-refractivity contribution in [2.45, 2.75) is 77.9 Å². The Kier molecular flexibility index (Phi) is 6.50. The topological polar surface area (TPSA) is 15.3 Å². The third-order valence-electron chi connectivity index (χ3n) is 4.01. The van der Waals surface area contributed by atoms with E-state index >= 15 is 0 Å². The van der Waals surface area contributed by atoms with Crippen molar-refractivity contribution in [1.82, 2.24) is 10.2 Å². The van der Waals surface area contributed by atoms with E-state index in [1.165, 1.54) is 38.6 Å². The van der Waals surface area contributed by atoms with Gasteiger partial charge in [0, 0.05) is 18.1 Å². The predicted octanol–water partition coefficient (Wildman–Crippen LogP) is 3.27. The summed E-state index contributed by atoms with van der Waals surface area (Å²) in [6, 6.07) is 2.29. The summed E-state index contributed by atoms with van der Waals surface area (Å²) in [6.07, 6.45) is 6.75. The zero-order valence-electron chi connectivity index (χ0n) is 12.5. The van der Waals surface area contributed by atoms with E-state index in [-0.39, 0.29) is 0 Å². The maximum Gasteiger partial charge on any atom is 0.00691 e. The molecule has 2 atom stereocenters. The Labute approximate surface area is 108 Å². The number of rotatable bonds is 9.